The number of benzene rings is 1. The maximum Gasteiger partial charge on any atom is 0.253 e. The van der Waals surface area contributed by atoms with E-state index in [1.165, 1.54) is 12.1 Å². The molecule has 118 valence electrons. The van der Waals surface area contributed by atoms with Gasteiger partial charge < -0.3 is 10.2 Å². The van der Waals surface area contributed by atoms with Crippen LogP contribution >= 0.6 is 28.3 Å². The molecule has 2 rings (SSSR count). The molecule has 1 N–H and O–H groups in total. The molecule has 0 saturated carbocycles. The van der Waals surface area contributed by atoms with Crippen LogP contribution in [0.15, 0.2) is 22.7 Å². The Balaban J connectivity index is 0.00000220. The summed E-state index contributed by atoms with van der Waals surface area (Å²) >= 11 is 3.23. The largest absolute Gasteiger partial charge is 0.339 e. The summed E-state index contributed by atoms with van der Waals surface area (Å²) in [6.07, 6.45) is 3.22. The molecule has 1 saturated heterocycles. The van der Waals surface area contributed by atoms with Crippen LogP contribution in [0.2, 0.25) is 0 Å². The minimum absolute atomic E-state index is 0. The van der Waals surface area contributed by atoms with Gasteiger partial charge >= 0.3 is 0 Å². The van der Waals surface area contributed by atoms with Gasteiger partial charge in [0.15, 0.2) is 0 Å². The molecule has 0 unspecified atom stereocenters. The number of halogens is 3. The van der Waals surface area contributed by atoms with Gasteiger partial charge in [0.2, 0.25) is 0 Å². The molecular formula is C15H21BrClFN2O. The fourth-order valence-corrected chi connectivity index (χ4v) is 3.10. The summed E-state index contributed by atoms with van der Waals surface area (Å²) in [5.74, 6) is 0.231. The third-order valence-corrected chi connectivity index (χ3v) is 4.27. The highest BCUT2D eigenvalue weighted by molar-refractivity contribution is 9.10. The molecule has 0 radical (unpaired) electrons. The standard InChI is InChI=1S/C15H20BrFN2O.ClH/c1-18-5-2-11-3-6-19(7-4-11)15(20)12-8-13(16)10-14(17)9-12;/h8-11,18H,2-7H2,1H3;1H. The molecule has 1 aromatic rings. The predicted octanol–water partition coefficient (Wildman–Crippen LogP) is 3.47. The smallest absolute Gasteiger partial charge is 0.253 e. The molecule has 1 aliphatic heterocycles. The van der Waals surface area contributed by atoms with Crippen LogP contribution in [0.1, 0.15) is 29.6 Å². The summed E-state index contributed by atoms with van der Waals surface area (Å²) in [5, 5.41) is 3.16. The van der Waals surface area contributed by atoms with Crippen LogP contribution in [0.3, 0.4) is 0 Å². The number of nitrogens with zero attached hydrogens (tertiary/aromatic N) is 1. The molecule has 0 atom stereocenters. The summed E-state index contributed by atoms with van der Waals surface area (Å²) in [5.41, 5.74) is 0.422. The first-order valence-electron chi connectivity index (χ1n) is 7.00. The van der Waals surface area contributed by atoms with Gasteiger partial charge in [-0.3, -0.25) is 4.79 Å². The van der Waals surface area contributed by atoms with Gasteiger partial charge in [-0.15, -0.1) is 12.4 Å². The Hall–Kier alpha value is -0.650. The number of nitrogens with one attached hydrogen (secondary N) is 1. The lowest BCUT2D eigenvalue weighted by Gasteiger charge is -2.32. The van der Waals surface area contributed by atoms with Gasteiger partial charge in [-0.25, -0.2) is 4.39 Å². The lowest BCUT2D eigenvalue weighted by atomic mass is 9.93. The molecule has 1 aromatic carbocycles. The normalized spacial score (nSPS) is 15.7. The van der Waals surface area contributed by atoms with Crippen molar-refractivity contribution in [3.05, 3.63) is 34.1 Å². The van der Waals surface area contributed by atoms with E-state index in [4.69, 9.17) is 0 Å². The van der Waals surface area contributed by atoms with Gasteiger partial charge in [0.25, 0.3) is 5.91 Å². The zero-order valence-electron chi connectivity index (χ0n) is 12.1. The Kier molecular flexibility index (Phi) is 7.63. The maximum absolute atomic E-state index is 13.3. The average Bonchev–Trinajstić information content (AvgIpc) is 2.44. The second kappa shape index (κ2) is 8.71. The van der Waals surface area contributed by atoms with Crippen molar-refractivity contribution in [1.29, 1.82) is 0 Å². The van der Waals surface area contributed by atoms with Crippen molar-refractivity contribution in [2.45, 2.75) is 19.3 Å². The SMILES string of the molecule is CNCCC1CCN(C(=O)c2cc(F)cc(Br)c2)CC1.Cl. The molecule has 1 fully saturated rings. The summed E-state index contributed by atoms with van der Waals surface area (Å²) in [6, 6.07) is 4.35. The summed E-state index contributed by atoms with van der Waals surface area (Å²) < 4.78 is 14.0. The van der Waals surface area contributed by atoms with Crippen LogP contribution in [0.4, 0.5) is 4.39 Å². The van der Waals surface area contributed by atoms with Crippen molar-refractivity contribution in [2.75, 3.05) is 26.7 Å². The molecular weight excluding hydrogens is 359 g/mol. The zero-order chi connectivity index (χ0) is 14.5. The average molecular weight is 380 g/mol. The first-order valence-corrected chi connectivity index (χ1v) is 7.79. The lowest BCUT2D eigenvalue weighted by Crippen LogP contribution is -2.39. The quantitative estimate of drug-likeness (QED) is 0.869. The van der Waals surface area contributed by atoms with Crippen LogP contribution in [0.5, 0.6) is 0 Å². The Morgan fingerprint density at radius 2 is 2.05 bits per heavy atom. The maximum atomic E-state index is 13.3. The number of hydrogen-bond donors (Lipinski definition) is 1. The van der Waals surface area contributed by atoms with E-state index in [-0.39, 0.29) is 24.1 Å². The highest BCUT2D eigenvalue weighted by Crippen LogP contribution is 2.23. The minimum atomic E-state index is -0.383. The topological polar surface area (TPSA) is 32.3 Å². The van der Waals surface area contributed by atoms with Crippen LogP contribution in [0.25, 0.3) is 0 Å². The van der Waals surface area contributed by atoms with Crippen molar-refractivity contribution in [3.8, 4) is 0 Å². The van der Waals surface area contributed by atoms with Gasteiger partial charge in [-0.2, -0.15) is 0 Å². The van der Waals surface area contributed by atoms with Gasteiger partial charge in [0.05, 0.1) is 0 Å². The van der Waals surface area contributed by atoms with E-state index in [9.17, 15) is 9.18 Å². The Labute approximate surface area is 139 Å². The monoisotopic (exact) mass is 378 g/mol. The van der Waals surface area contributed by atoms with E-state index >= 15 is 0 Å². The number of rotatable bonds is 4. The van der Waals surface area contributed by atoms with Crippen LogP contribution in [-0.4, -0.2) is 37.5 Å². The molecule has 0 aromatic heterocycles. The first-order chi connectivity index (χ1) is 9.60. The Bertz CT molecular complexity index is 458. The Morgan fingerprint density at radius 3 is 2.62 bits per heavy atom. The molecule has 1 heterocycles. The zero-order valence-corrected chi connectivity index (χ0v) is 14.5. The summed E-state index contributed by atoms with van der Waals surface area (Å²) in [4.78, 5) is 14.2. The fraction of sp³-hybridized carbons (Fsp3) is 0.533. The highest BCUT2D eigenvalue weighted by Gasteiger charge is 2.23. The molecule has 0 bridgehead atoms. The summed E-state index contributed by atoms with van der Waals surface area (Å²) in [6.45, 7) is 2.55. The second-order valence-electron chi connectivity index (χ2n) is 5.29. The van der Waals surface area contributed by atoms with Crippen molar-refractivity contribution < 1.29 is 9.18 Å². The molecule has 6 heteroatoms. The Morgan fingerprint density at radius 1 is 1.38 bits per heavy atom. The number of carbonyl (C=O) groups is 1. The van der Waals surface area contributed by atoms with Crippen LogP contribution in [0, 0.1) is 11.7 Å². The number of piperidine rings is 1. The molecule has 0 spiro atoms. The number of carbonyl (C=O) groups excluding carboxylic acids is 1. The predicted molar refractivity (Wildman–Crippen MR) is 88.5 cm³/mol. The first kappa shape index (κ1) is 18.4. The van der Waals surface area contributed by atoms with E-state index in [1.807, 2.05) is 11.9 Å². The number of amides is 1. The minimum Gasteiger partial charge on any atom is -0.339 e. The molecule has 1 amide bonds. The number of hydrogen-bond acceptors (Lipinski definition) is 2. The molecule has 1 aliphatic rings. The number of likely N-dealkylation sites (tertiary alicyclic amines) is 1. The highest BCUT2D eigenvalue weighted by atomic mass is 79.9. The third-order valence-electron chi connectivity index (χ3n) is 3.81. The van der Waals surface area contributed by atoms with Crippen LogP contribution in [-0.2, 0) is 0 Å². The van der Waals surface area contributed by atoms with E-state index in [1.54, 1.807) is 6.07 Å². The van der Waals surface area contributed by atoms with Gasteiger partial charge in [-0.05, 0) is 57.0 Å². The van der Waals surface area contributed by atoms with Crippen molar-refractivity contribution in [1.82, 2.24) is 10.2 Å². The van der Waals surface area contributed by atoms with Gasteiger partial charge in [0.1, 0.15) is 5.82 Å². The molecule has 0 aliphatic carbocycles. The van der Waals surface area contributed by atoms with E-state index in [0.717, 1.165) is 38.9 Å². The van der Waals surface area contributed by atoms with E-state index < -0.39 is 0 Å². The molecule has 21 heavy (non-hydrogen) atoms. The van der Waals surface area contributed by atoms with Gasteiger partial charge in [-0.1, -0.05) is 15.9 Å². The fourth-order valence-electron chi connectivity index (χ4n) is 2.63. The van der Waals surface area contributed by atoms with Crippen molar-refractivity contribution >= 4 is 34.2 Å². The summed E-state index contributed by atoms with van der Waals surface area (Å²) in [7, 11) is 1.96. The van der Waals surface area contributed by atoms with Gasteiger partial charge in [0, 0.05) is 23.1 Å². The van der Waals surface area contributed by atoms with Crippen molar-refractivity contribution in [2.24, 2.45) is 5.92 Å². The van der Waals surface area contributed by atoms with Crippen molar-refractivity contribution in [3.63, 3.8) is 0 Å². The third kappa shape index (κ3) is 5.24. The van der Waals surface area contributed by atoms with Crippen LogP contribution < -0.4 is 5.32 Å². The lowest BCUT2D eigenvalue weighted by molar-refractivity contribution is 0.0686. The van der Waals surface area contributed by atoms with E-state index in [2.05, 4.69) is 21.2 Å². The molecule has 3 nitrogen and oxygen atoms in total. The van der Waals surface area contributed by atoms with E-state index in [0.29, 0.717) is 16.0 Å². The second-order valence-corrected chi connectivity index (χ2v) is 6.20.